The molecule has 1 unspecified atom stereocenters. The molecule has 1 aromatic rings. The van der Waals surface area contributed by atoms with Crippen LogP contribution in [0.3, 0.4) is 0 Å². The average molecular weight is 221 g/mol. The maximum absolute atomic E-state index is 10.3. The van der Waals surface area contributed by atoms with Crippen LogP contribution >= 0.6 is 11.3 Å². The van der Waals surface area contributed by atoms with E-state index in [-0.39, 0.29) is 0 Å². The van der Waals surface area contributed by atoms with Crippen LogP contribution in [-0.2, 0) is 17.7 Å². The van der Waals surface area contributed by atoms with E-state index in [1.54, 1.807) is 0 Å². The van der Waals surface area contributed by atoms with Crippen LogP contribution in [0.15, 0.2) is 0 Å². The third kappa shape index (κ3) is 3.79. The van der Waals surface area contributed by atoms with E-state index < -0.39 is 11.3 Å². The molecule has 0 bridgehead atoms. The van der Waals surface area contributed by atoms with Crippen molar-refractivity contribution in [3.8, 4) is 0 Å². The molecule has 0 aliphatic rings. The van der Waals surface area contributed by atoms with E-state index in [1.165, 1.54) is 11.3 Å². The highest BCUT2D eigenvalue weighted by Gasteiger charge is 2.06. The van der Waals surface area contributed by atoms with Gasteiger partial charge in [-0.2, -0.15) is 0 Å². The number of nitrogens with one attached hydrogen (secondary N) is 1. The molecule has 74 valence electrons. The molecular weight excluding hydrogens is 210 g/mol. The third-order valence-corrected chi connectivity index (χ3v) is 2.58. The molecule has 0 aliphatic carbocycles. The molecule has 1 aromatic heterocycles. The fourth-order valence-electron chi connectivity index (χ4n) is 0.801. The SMILES string of the molecule is CC(C)Cc1nnc(NS(=O)O)s1. The molecule has 0 saturated carbocycles. The lowest BCUT2D eigenvalue weighted by Crippen LogP contribution is -2.00. The summed E-state index contributed by atoms with van der Waals surface area (Å²) in [6, 6.07) is 0. The first-order valence-electron chi connectivity index (χ1n) is 3.78. The van der Waals surface area contributed by atoms with E-state index in [1.807, 2.05) is 0 Å². The average Bonchev–Trinajstić information content (AvgIpc) is 2.33. The van der Waals surface area contributed by atoms with Crippen molar-refractivity contribution in [2.75, 3.05) is 4.72 Å². The van der Waals surface area contributed by atoms with Crippen LogP contribution in [0, 0.1) is 5.92 Å². The van der Waals surface area contributed by atoms with Gasteiger partial charge in [-0.3, -0.25) is 9.27 Å². The van der Waals surface area contributed by atoms with Crippen LogP contribution < -0.4 is 4.72 Å². The van der Waals surface area contributed by atoms with E-state index in [4.69, 9.17) is 4.55 Å². The fraction of sp³-hybridized carbons (Fsp3) is 0.667. The summed E-state index contributed by atoms with van der Waals surface area (Å²) < 4.78 is 21.1. The number of rotatable bonds is 4. The first-order valence-corrected chi connectivity index (χ1v) is 5.70. The summed E-state index contributed by atoms with van der Waals surface area (Å²) in [5.74, 6) is 0.514. The predicted molar refractivity (Wildman–Crippen MR) is 52.8 cm³/mol. The molecule has 0 aliphatic heterocycles. The van der Waals surface area contributed by atoms with Crippen LogP contribution in [0.4, 0.5) is 5.13 Å². The van der Waals surface area contributed by atoms with Gasteiger partial charge in [0.1, 0.15) is 5.01 Å². The molecule has 7 heteroatoms. The van der Waals surface area contributed by atoms with Crippen LogP contribution in [0.5, 0.6) is 0 Å². The number of aromatic nitrogens is 2. The molecule has 0 saturated heterocycles. The van der Waals surface area contributed by atoms with E-state index in [0.717, 1.165) is 11.4 Å². The zero-order valence-electron chi connectivity index (χ0n) is 7.35. The quantitative estimate of drug-likeness (QED) is 0.751. The van der Waals surface area contributed by atoms with E-state index in [0.29, 0.717) is 11.0 Å². The Kier molecular flexibility index (Phi) is 3.76. The van der Waals surface area contributed by atoms with Gasteiger partial charge in [0.2, 0.25) is 5.13 Å². The highest BCUT2D eigenvalue weighted by atomic mass is 32.2. The van der Waals surface area contributed by atoms with Crippen molar-refractivity contribution in [1.82, 2.24) is 10.2 Å². The Morgan fingerprint density at radius 3 is 2.85 bits per heavy atom. The number of anilines is 1. The van der Waals surface area contributed by atoms with Gasteiger partial charge >= 0.3 is 0 Å². The van der Waals surface area contributed by atoms with Crippen molar-refractivity contribution in [1.29, 1.82) is 0 Å². The Morgan fingerprint density at radius 1 is 1.62 bits per heavy atom. The second kappa shape index (κ2) is 4.64. The molecule has 0 spiro atoms. The van der Waals surface area contributed by atoms with Crippen molar-refractivity contribution in [2.24, 2.45) is 5.92 Å². The van der Waals surface area contributed by atoms with Gasteiger partial charge in [-0.05, 0) is 5.92 Å². The fourth-order valence-corrected chi connectivity index (χ4v) is 2.18. The molecule has 0 amide bonds. The number of hydrogen-bond donors (Lipinski definition) is 2. The molecule has 2 N–H and O–H groups in total. The third-order valence-electron chi connectivity index (χ3n) is 1.22. The molecule has 1 rings (SSSR count). The second-order valence-electron chi connectivity index (χ2n) is 2.95. The lowest BCUT2D eigenvalue weighted by atomic mass is 10.1. The molecule has 1 atom stereocenters. The van der Waals surface area contributed by atoms with Crippen LogP contribution in [-0.4, -0.2) is 19.0 Å². The topological polar surface area (TPSA) is 75.1 Å². The smallest absolute Gasteiger partial charge is 0.261 e. The van der Waals surface area contributed by atoms with Gasteiger partial charge in [-0.15, -0.1) is 10.2 Å². The summed E-state index contributed by atoms with van der Waals surface area (Å²) >= 11 is -0.755. The van der Waals surface area contributed by atoms with Crippen molar-refractivity contribution < 1.29 is 8.76 Å². The van der Waals surface area contributed by atoms with Gasteiger partial charge in [0, 0.05) is 6.42 Å². The largest absolute Gasteiger partial charge is 0.289 e. The highest BCUT2D eigenvalue weighted by Crippen LogP contribution is 2.18. The molecule has 0 fully saturated rings. The van der Waals surface area contributed by atoms with Crippen LogP contribution in [0.25, 0.3) is 0 Å². The van der Waals surface area contributed by atoms with Gasteiger partial charge in [-0.25, -0.2) is 4.21 Å². The summed E-state index contributed by atoms with van der Waals surface area (Å²) in [4.78, 5) is 0. The molecule has 1 heterocycles. The standard InChI is InChI=1S/C6H11N3O2S2/c1-4(2)3-5-7-8-6(12-5)9-13(10)11/h4H,3H2,1-2H3,(H,8,9)(H,10,11). The molecule has 0 aromatic carbocycles. The minimum atomic E-state index is -2.06. The monoisotopic (exact) mass is 221 g/mol. The Hall–Kier alpha value is -0.530. The van der Waals surface area contributed by atoms with Crippen molar-refractivity contribution >= 4 is 27.7 Å². The minimum absolute atomic E-state index is 0.386. The van der Waals surface area contributed by atoms with Gasteiger partial charge in [0.05, 0.1) is 0 Å². The van der Waals surface area contributed by atoms with Gasteiger partial charge in [0.25, 0.3) is 11.3 Å². The Balaban J connectivity index is 2.58. The maximum Gasteiger partial charge on any atom is 0.261 e. The summed E-state index contributed by atoms with van der Waals surface area (Å²) in [5, 5.41) is 8.85. The molecule has 0 radical (unpaired) electrons. The Morgan fingerprint density at radius 2 is 2.31 bits per heavy atom. The zero-order chi connectivity index (χ0) is 9.84. The van der Waals surface area contributed by atoms with Crippen LogP contribution in [0.2, 0.25) is 0 Å². The Labute approximate surface area is 83.0 Å². The van der Waals surface area contributed by atoms with E-state index in [2.05, 4.69) is 28.8 Å². The zero-order valence-corrected chi connectivity index (χ0v) is 8.98. The summed E-state index contributed by atoms with van der Waals surface area (Å²) in [7, 11) is 0. The first-order chi connectivity index (χ1) is 6.08. The molecule has 5 nitrogen and oxygen atoms in total. The lowest BCUT2D eigenvalue weighted by Gasteiger charge is -1.96. The summed E-state index contributed by atoms with van der Waals surface area (Å²) in [5.41, 5.74) is 0. The number of nitrogens with zero attached hydrogens (tertiary/aromatic N) is 2. The van der Waals surface area contributed by atoms with E-state index >= 15 is 0 Å². The molecule has 13 heavy (non-hydrogen) atoms. The van der Waals surface area contributed by atoms with Crippen molar-refractivity contribution in [3.63, 3.8) is 0 Å². The lowest BCUT2D eigenvalue weighted by molar-refractivity contribution is 0.570. The predicted octanol–water partition coefficient (Wildman–Crippen LogP) is 1.29. The van der Waals surface area contributed by atoms with Gasteiger partial charge in [0.15, 0.2) is 0 Å². The van der Waals surface area contributed by atoms with E-state index in [9.17, 15) is 4.21 Å². The van der Waals surface area contributed by atoms with Gasteiger partial charge < -0.3 is 0 Å². The normalized spacial score (nSPS) is 13.2. The minimum Gasteiger partial charge on any atom is -0.289 e. The summed E-state index contributed by atoms with van der Waals surface area (Å²) in [6.45, 7) is 4.16. The first kappa shape index (κ1) is 10.6. The molecular formula is C6H11N3O2S2. The Bertz CT molecular complexity index is 300. The van der Waals surface area contributed by atoms with Crippen molar-refractivity contribution in [3.05, 3.63) is 5.01 Å². The maximum atomic E-state index is 10.3. The van der Waals surface area contributed by atoms with Crippen molar-refractivity contribution in [2.45, 2.75) is 20.3 Å². The second-order valence-corrected chi connectivity index (χ2v) is 4.71. The highest BCUT2D eigenvalue weighted by molar-refractivity contribution is 7.80. The van der Waals surface area contributed by atoms with Crippen LogP contribution in [0.1, 0.15) is 18.9 Å². The van der Waals surface area contributed by atoms with Gasteiger partial charge in [-0.1, -0.05) is 25.2 Å². The number of hydrogen-bond acceptors (Lipinski definition) is 4. The summed E-state index contributed by atoms with van der Waals surface area (Å²) in [6.07, 6.45) is 0.845.